The summed E-state index contributed by atoms with van der Waals surface area (Å²) in [5.74, 6) is 0. The van der Waals surface area contributed by atoms with Crippen LogP contribution >= 0.6 is 11.3 Å². The van der Waals surface area contributed by atoms with E-state index in [4.69, 9.17) is 0 Å². The van der Waals surface area contributed by atoms with Crippen LogP contribution in [0.15, 0.2) is 11.6 Å². The first kappa shape index (κ1) is 15.3. The summed E-state index contributed by atoms with van der Waals surface area (Å²) in [6.45, 7) is 5.87. The number of hydrogen-bond donors (Lipinski definition) is 1. The molecule has 6 heteroatoms. The van der Waals surface area contributed by atoms with Gasteiger partial charge in [0.1, 0.15) is 5.01 Å². The Hall–Kier alpha value is -1.14. The highest BCUT2D eigenvalue weighted by Gasteiger charge is 2.39. The number of nitrogens with zero attached hydrogens (tertiary/aromatic N) is 3. The van der Waals surface area contributed by atoms with Crippen LogP contribution in [-0.4, -0.2) is 54.0 Å². The predicted octanol–water partition coefficient (Wildman–Crippen LogP) is 2.11. The molecule has 1 N–H and O–H groups in total. The SMILES string of the molecule is CC(C)NC1(c2nccs2)CCN(C(=O)N(C)C)CC1. The van der Waals surface area contributed by atoms with E-state index in [0.717, 1.165) is 30.9 Å². The Kier molecular flexibility index (Phi) is 4.65. The van der Waals surface area contributed by atoms with Gasteiger partial charge in [-0.05, 0) is 26.7 Å². The third kappa shape index (κ3) is 3.12. The van der Waals surface area contributed by atoms with Crippen LogP contribution in [0.25, 0.3) is 0 Å². The number of carbonyl (C=O) groups is 1. The van der Waals surface area contributed by atoms with Crippen LogP contribution in [0.1, 0.15) is 31.7 Å². The summed E-state index contributed by atoms with van der Waals surface area (Å²) in [4.78, 5) is 20.1. The van der Waals surface area contributed by atoms with Crippen molar-refractivity contribution in [2.45, 2.75) is 38.3 Å². The molecule has 0 atom stereocenters. The molecule has 1 saturated heterocycles. The highest BCUT2D eigenvalue weighted by molar-refractivity contribution is 7.09. The summed E-state index contributed by atoms with van der Waals surface area (Å²) in [5.41, 5.74) is -0.0780. The van der Waals surface area contributed by atoms with Gasteiger partial charge in [0.05, 0.1) is 5.54 Å². The zero-order valence-corrected chi connectivity index (χ0v) is 13.5. The average Bonchev–Trinajstić information content (AvgIpc) is 2.92. The number of piperidine rings is 1. The van der Waals surface area contributed by atoms with Gasteiger partial charge in [0.15, 0.2) is 0 Å². The number of amides is 2. The monoisotopic (exact) mass is 296 g/mol. The van der Waals surface area contributed by atoms with Gasteiger partial charge in [-0.15, -0.1) is 11.3 Å². The Balaban J connectivity index is 2.12. The molecule has 1 fully saturated rings. The minimum Gasteiger partial charge on any atom is -0.331 e. The van der Waals surface area contributed by atoms with E-state index in [1.807, 2.05) is 16.5 Å². The zero-order chi connectivity index (χ0) is 14.8. The van der Waals surface area contributed by atoms with Gasteiger partial charge in [-0.1, -0.05) is 0 Å². The fourth-order valence-corrected chi connectivity index (χ4v) is 3.66. The van der Waals surface area contributed by atoms with E-state index in [-0.39, 0.29) is 11.6 Å². The molecule has 1 aromatic heterocycles. The van der Waals surface area contributed by atoms with Crippen molar-refractivity contribution in [1.29, 1.82) is 0 Å². The number of rotatable bonds is 3. The highest BCUT2D eigenvalue weighted by Crippen LogP contribution is 2.34. The summed E-state index contributed by atoms with van der Waals surface area (Å²) < 4.78 is 0. The maximum atomic E-state index is 12.0. The van der Waals surface area contributed by atoms with Crippen LogP contribution in [-0.2, 0) is 5.54 Å². The van der Waals surface area contributed by atoms with Gasteiger partial charge in [0, 0.05) is 44.8 Å². The third-order valence-corrected chi connectivity index (χ3v) is 4.65. The quantitative estimate of drug-likeness (QED) is 0.929. The van der Waals surface area contributed by atoms with Crippen LogP contribution in [0.2, 0.25) is 0 Å². The van der Waals surface area contributed by atoms with E-state index < -0.39 is 0 Å². The summed E-state index contributed by atoms with van der Waals surface area (Å²) in [7, 11) is 3.61. The maximum Gasteiger partial charge on any atom is 0.319 e. The molecule has 0 bridgehead atoms. The van der Waals surface area contributed by atoms with Crippen molar-refractivity contribution in [3.8, 4) is 0 Å². The lowest BCUT2D eigenvalue weighted by molar-refractivity contribution is 0.120. The molecule has 0 radical (unpaired) electrons. The maximum absolute atomic E-state index is 12.0. The molecule has 0 spiro atoms. The van der Waals surface area contributed by atoms with Crippen molar-refractivity contribution in [2.24, 2.45) is 0 Å². The van der Waals surface area contributed by atoms with Crippen molar-refractivity contribution >= 4 is 17.4 Å². The molecular weight excluding hydrogens is 272 g/mol. The van der Waals surface area contributed by atoms with Crippen LogP contribution < -0.4 is 5.32 Å². The Labute approximate surface area is 125 Å². The lowest BCUT2D eigenvalue weighted by atomic mass is 9.87. The first-order valence-corrected chi connectivity index (χ1v) is 7.96. The van der Waals surface area contributed by atoms with E-state index in [9.17, 15) is 4.79 Å². The van der Waals surface area contributed by atoms with Crippen molar-refractivity contribution < 1.29 is 4.79 Å². The summed E-state index contributed by atoms with van der Waals surface area (Å²) in [6.07, 6.45) is 3.69. The number of hydrogen-bond acceptors (Lipinski definition) is 4. The average molecular weight is 296 g/mol. The minimum atomic E-state index is -0.0780. The highest BCUT2D eigenvalue weighted by atomic mass is 32.1. The Morgan fingerprint density at radius 1 is 1.45 bits per heavy atom. The molecule has 0 saturated carbocycles. The third-order valence-electron chi connectivity index (χ3n) is 3.68. The Morgan fingerprint density at radius 2 is 2.10 bits per heavy atom. The van der Waals surface area contributed by atoms with Gasteiger partial charge in [-0.2, -0.15) is 0 Å². The van der Waals surface area contributed by atoms with Gasteiger partial charge in [0.25, 0.3) is 0 Å². The molecule has 1 aliphatic heterocycles. The van der Waals surface area contributed by atoms with Crippen molar-refractivity contribution in [2.75, 3.05) is 27.2 Å². The molecule has 0 aliphatic carbocycles. The van der Waals surface area contributed by atoms with Gasteiger partial charge in [-0.3, -0.25) is 0 Å². The van der Waals surface area contributed by atoms with E-state index in [1.165, 1.54) is 0 Å². The number of likely N-dealkylation sites (tertiary alicyclic amines) is 1. The number of urea groups is 1. The smallest absolute Gasteiger partial charge is 0.319 e. The number of carbonyl (C=O) groups excluding carboxylic acids is 1. The second-order valence-electron chi connectivity index (χ2n) is 5.88. The van der Waals surface area contributed by atoms with Gasteiger partial charge in [-0.25, -0.2) is 9.78 Å². The topological polar surface area (TPSA) is 48.5 Å². The molecular formula is C14H24N4OS. The molecule has 1 aliphatic rings. The molecule has 2 heterocycles. The Bertz CT molecular complexity index is 436. The molecule has 2 amide bonds. The predicted molar refractivity (Wildman–Crippen MR) is 82.0 cm³/mol. The molecule has 20 heavy (non-hydrogen) atoms. The van der Waals surface area contributed by atoms with Crippen molar-refractivity contribution in [3.05, 3.63) is 16.6 Å². The number of aromatic nitrogens is 1. The second kappa shape index (κ2) is 6.10. The van der Waals surface area contributed by atoms with Crippen LogP contribution in [0.3, 0.4) is 0 Å². The summed E-state index contributed by atoms with van der Waals surface area (Å²) in [6, 6.07) is 0.497. The van der Waals surface area contributed by atoms with Crippen LogP contribution in [0.5, 0.6) is 0 Å². The molecule has 0 unspecified atom stereocenters. The number of thiazole rings is 1. The number of nitrogens with one attached hydrogen (secondary N) is 1. The van der Waals surface area contributed by atoms with E-state index >= 15 is 0 Å². The van der Waals surface area contributed by atoms with E-state index in [0.29, 0.717) is 6.04 Å². The largest absolute Gasteiger partial charge is 0.331 e. The normalized spacial score (nSPS) is 18.4. The van der Waals surface area contributed by atoms with Gasteiger partial charge in [0.2, 0.25) is 0 Å². The zero-order valence-electron chi connectivity index (χ0n) is 12.7. The van der Waals surface area contributed by atoms with E-state index in [2.05, 4.69) is 24.1 Å². The molecule has 0 aromatic carbocycles. The van der Waals surface area contributed by atoms with E-state index in [1.54, 1.807) is 30.3 Å². The van der Waals surface area contributed by atoms with Gasteiger partial charge < -0.3 is 15.1 Å². The molecule has 1 aromatic rings. The Morgan fingerprint density at radius 3 is 2.55 bits per heavy atom. The van der Waals surface area contributed by atoms with Crippen LogP contribution in [0, 0.1) is 0 Å². The first-order valence-electron chi connectivity index (χ1n) is 7.08. The lowest BCUT2D eigenvalue weighted by Crippen LogP contribution is -2.55. The standard InChI is InChI=1S/C14H24N4OS/c1-11(2)16-14(12-15-7-10-20-12)5-8-18(9-6-14)13(19)17(3)4/h7,10-11,16H,5-6,8-9H2,1-4H3. The summed E-state index contributed by atoms with van der Waals surface area (Å²) >= 11 is 1.70. The van der Waals surface area contributed by atoms with Gasteiger partial charge >= 0.3 is 6.03 Å². The van der Waals surface area contributed by atoms with Crippen molar-refractivity contribution in [1.82, 2.24) is 20.1 Å². The molecule has 112 valence electrons. The molecule has 2 rings (SSSR count). The minimum absolute atomic E-state index is 0.0780. The second-order valence-corrected chi connectivity index (χ2v) is 6.78. The fraction of sp³-hybridized carbons (Fsp3) is 0.714. The first-order chi connectivity index (χ1) is 9.44. The molecule has 5 nitrogen and oxygen atoms in total. The fourth-order valence-electron chi connectivity index (χ4n) is 2.79. The van der Waals surface area contributed by atoms with Crippen molar-refractivity contribution in [3.63, 3.8) is 0 Å². The lowest BCUT2D eigenvalue weighted by Gasteiger charge is -2.43. The summed E-state index contributed by atoms with van der Waals surface area (Å²) in [5, 5.41) is 6.85. The van der Waals surface area contributed by atoms with Crippen LogP contribution in [0.4, 0.5) is 4.79 Å².